The van der Waals surface area contributed by atoms with E-state index in [9.17, 15) is 0 Å². The fourth-order valence-corrected chi connectivity index (χ4v) is 1.33. The second-order valence-electron chi connectivity index (χ2n) is 3.62. The van der Waals surface area contributed by atoms with E-state index in [4.69, 9.17) is 0 Å². The van der Waals surface area contributed by atoms with Crippen molar-refractivity contribution in [3.63, 3.8) is 0 Å². The SMILES string of the molecule is CNCCCNCc1ccc(C)cc1. The molecule has 0 aliphatic carbocycles. The number of hydrogen-bond donors (Lipinski definition) is 2. The van der Waals surface area contributed by atoms with Crippen LogP contribution < -0.4 is 10.6 Å². The zero-order valence-electron chi connectivity index (χ0n) is 9.14. The summed E-state index contributed by atoms with van der Waals surface area (Å²) in [5, 5.41) is 6.55. The van der Waals surface area contributed by atoms with Crippen LogP contribution in [0.5, 0.6) is 0 Å². The smallest absolute Gasteiger partial charge is 0.0205 e. The van der Waals surface area contributed by atoms with Crippen molar-refractivity contribution in [2.45, 2.75) is 19.9 Å². The lowest BCUT2D eigenvalue weighted by molar-refractivity contribution is 0.625. The molecule has 0 radical (unpaired) electrons. The lowest BCUT2D eigenvalue weighted by Crippen LogP contribution is -2.19. The van der Waals surface area contributed by atoms with Crippen LogP contribution in [0.1, 0.15) is 17.5 Å². The molecule has 0 aliphatic rings. The predicted octanol–water partition coefficient (Wildman–Crippen LogP) is 1.69. The maximum atomic E-state index is 3.42. The lowest BCUT2D eigenvalue weighted by atomic mass is 10.1. The fraction of sp³-hybridized carbons (Fsp3) is 0.500. The van der Waals surface area contributed by atoms with Crippen LogP contribution in [0.15, 0.2) is 24.3 Å². The molecule has 0 fully saturated rings. The molecule has 0 spiro atoms. The Bertz CT molecular complexity index is 241. The van der Waals surface area contributed by atoms with Crippen LogP contribution >= 0.6 is 0 Å². The van der Waals surface area contributed by atoms with E-state index in [1.165, 1.54) is 17.5 Å². The van der Waals surface area contributed by atoms with Gasteiger partial charge in [-0.1, -0.05) is 29.8 Å². The first-order valence-corrected chi connectivity index (χ1v) is 5.24. The van der Waals surface area contributed by atoms with Crippen molar-refractivity contribution in [1.82, 2.24) is 10.6 Å². The molecule has 1 aromatic carbocycles. The Morgan fingerprint density at radius 1 is 1.07 bits per heavy atom. The summed E-state index contributed by atoms with van der Waals surface area (Å²) < 4.78 is 0. The summed E-state index contributed by atoms with van der Waals surface area (Å²) in [6.45, 7) is 5.25. The first-order chi connectivity index (χ1) is 6.83. The second kappa shape index (κ2) is 6.57. The van der Waals surface area contributed by atoms with Gasteiger partial charge >= 0.3 is 0 Å². The summed E-state index contributed by atoms with van der Waals surface area (Å²) in [5.74, 6) is 0. The van der Waals surface area contributed by atoms with Crippen molar-refractivity contribution < 1.29 is 0 Å². The Balaban J connectivity index is 2.15. The highest BCUT2D eigenvalue weighted by molar-refractivity contribution is 5.20. The van der Waals surface area contributed by atoms with E-state index in [1.54, 1.807) is 0 Å². The van der Waals surface area contributed by atoms with Gasteiger partial charge in [-0.25, -0.2) is 0 Å². The third-order valence-corrected chi connectivity index (χ3v) is 2.23. The summed E-state index contributed by atoms with van der Waals surface area (Å²) in [4.78, 5) is 0. The van der Waals surface area contributed by atoms with Crippen molar-refractivity contribution in [2.24, 2.45) is 0 Å². The summed E-state index contributed by atoms with van der Waals surface area (Å²) in [6, 6.07) is 8.68. The molecule has 0 amide bonds. The molecule has 1 rings (SSSR count). The van der Waals surface area contributed by atoms with E-state index in [0.717, 1.165) is 19.6 Å². The monoisotopic (exact) mass is 192 g/mol. The number of aryl methyl sites for hydroxylation is 1. The van der Waals surface area contributed by atoms with Gasteiger partial charge < -0.3 is 10.6 Å². The van der Waals surface area contributed by atoms with Gasteiger partial charge in [0.1, 0.15) is 0 Å². The highest BCUT2D eigenvalue weighted by atomic mass is 14.9. The lowest BCUT2D eigenvalue weighted by Gasteiger charge is -2.04. The minimum absolute atomic E-state index is 0.976. The quantitative estimate of drug-likeness (QED) is 0.670. The largest absolute Gasteiger partial charge is 0.320 e. The van der Waals surface area contributed by atoms with E-state index in [1.807, 2.05) is 7.05 Å². The van der Waals surface area contributed by atoms with Crippen molar-refractivity contribution in [1.29, 1.82) is 0 Å². The van der Waals surface area contributed by atoms with Crippen LogP contribution in [0.3, 0.4) is 0 Å². The maximum Gasteiger partial charge on any atom is 0.0205 e. The van der Waals surface area contributed by atoms with Gasteiger partial charge in [0.25, 0.3) is 0 Å². The number of benzene rings is 1. The average molecular weight is 192 g/mol. The highest BCUT2D eigenvalue weighted by Gasteiger charge is 1.91. The average Bonchev–Trinajstić information content (AvgIpc) is 2.21. The van der Waals surface area contributed by atoms with Crippen molar-refractivity contribution in [2.75, 3.05) is 20.1 Å². The van der Waals surface area contributed by atoms with Gasteiger partial charge in [-0.05, 0) is 39.0 Å². The van der Waals surface area contributed by atoms with Crippen molar-refractivity contribution in [3.05, 3.63) is 35.4 Å². The molecule has 2 nitrogen and oxygen atoms in total. The van der Waals surface area contributed by atoms with E-state index in [-0.39, 0.29) is 0 Å². The van der Waals surface area contributed by atoms with Crippen LogP contribution in [0, 0.1) is 6.92 Å². The standard InChI is InChI=1S/C12H20N2/c1-11-4-6-12(7-5-11)10-14-9-3-8-13-2/h4-7,13-14H,3,8-10H2,1-2H3. The first-order valence-electron chi connectivity index (χ1n) is 5.24. The van der Waals surface area contributed by atoms with Crippen molar-refractivity contribution in [3.8, 4) is 0 Å². The fourth-order valence-electron chi connectivity index (χ4n) is 1.33. The second-order valence-corrected chi connectivity index (χ2v) is 3.62. The highest BCUT2D eigenvalue weighted by Crippen LogP contribution is 2.02. The molecule has 2 N–H and O–H groups in total. The number of nitrogens with one attached hydrogen (secondary N) is 2. The molecule has 0 heterocycles. The molecule has 1 aromatic rings. The summed E-state index contributed by atoms with van der Waals surface area (Å²) >= 11 is 0. The first kappa shape index (κ1) is 11.2. The molecule has 0 unspecified atom stereocenters. The molecule has 0 aliphatic heterocycles. The zero-order chi connectivity index (χ0) is 10.2. The van der Waals surface area contributed by atoms with Crippen LogP contribution in [0.2, 0.25) is 0 Å². The van der Waals surface area contributed by atoms with Gasteiger partial charge in [-0.3, -0.25) is 0 Å². The third-order valence-electron chi connectivity index (χ3n) is 2.23. The third kappa shape index (κ3) is 4.40. The van der Waals surface area contributed by atoms with Crippen LogP contribution in [0.4, 0.5) is 0 Å². The Kier molecular flexibility index (Phi) is 5.27. The van der Waals surface area contributed by atoms with Gasteiger partial charge in [0.05, 0.1) is 0 Å². The van der Waals surface area contributed by atoms with E-state index in [0.29, 0.717) is 0 Å². The maximum absolute atomic E-state index is 3.42. The molecule has 14 heavy (non-hydrogen) atoms. The topological polar surface area (TPSA) is 24.1 Å². The van der Waals surface area contributed by atoms with Gasteiger partial charge in [0, 0.05) is 6.54 Å². The molecule has 0 saturated carbocycles. The number of rotatable bonds is 6. The molecule has 0 atom stereocenters. The zero-order valence-corrected chi connectivity index (χ0v) is 9.14. The minimum atomic E-state index is 0.976. The summed E-state index contributed by atoms with van der Waals surface area (Å²) in [6.07, 6.45) is 1.18. The normalized spacial score (nSPS) is 10.4. The Hall–Kier alpha value is -0.860. The molecule has 0 aromatic heterocycles. The molecule has 0 saturated heterocycles. The van der Waals surface area contributed by atoms with Crippen LogP contribution in [0.25, 0.3) is 0 Å². The van der Waals surface area contributed by atoms with Gasteiger partial charge in [-0.15, -0.1) is 0 Å². The van der Waals surface area contributed by atoms with Crippen LogP contribution in [-0.4, -0.2) is 20.1 Å². The molecule has 78 valence electrons. The Morgan fingerprint density at radius 3 is 2.43 bits per heavy atom. The molecular weight excluding hydrogens is 172 g/mol. The van der Waals surface area contributed by atoms with Gasteiger partial charge in [-0.2, -0.15) is 0 Å². The van der Waals surface area contributed by atoms with Gasteiger partial charge in [0.2, 0.25) is 0 Å². The van der Waals surface area contributed by atoms with E-state index in [2.05, 4.69) is 41.8 Å². The summed E-state index contributed by atoms with van der Waals surface area (Å²) in [7, 11) is 1.99. The minimum Gasteiger partial charge on any atom is -0.320 e. The number of hydrogen-bond acceptors (Lipinski definition) is 2. The predicted molar refractivity (Wildman–Crippen MR) is 61.4 cm³/mol. The van der Waals surface area contributed by atoms with E-state index < -0.39 is 0 Å². The van der Waals surface area contributed by atoms with Gasteiger partial charge in [0.15, 0.2) is 0 Å². The van der Waals surface area contributed by atoms with Crippen LogP contribution in [-0.2, 0) is 6.54 Å². The van der Waals surface area contributed by atoms with Crippen molar-refractivity contribution >= 4 is 0 Å². The summed E-state index contributed by atoms with van der Waals surface area (Å²) in [5.41, 5.74) is 2.68. The molecule has 2 heteroatoms. The molecule has 0 bridgehead atoms. The Labute approximate surface area is 86.7 Å². The molecular formula is C12H20N2. The Morgan fingerprint density at radius 2 is 1.79 bits per heavy atom. The van der Waals surface area contributed by atoms with E-state index >= 15 is 0 Å².